The summed E-state index contributed by atoms with van der Waals surface area (Å²) in [5.41, 5.74) is 7.69. The monoisotopic (exact) mass is 330 g/mol. The lowest BCUT2D eigenvalue weighted by Gasteiger charge is -2.06. The zero-order valence-electron chi connectivity index (χ0n) is 9.04. The van der Waals surface area contributed by atoms with Gasteiger partial charge in [0.15, 0.2) is 0 Å². The molecular weight excluding hydrogens is 320 g/mol. The van der Waals surface area contributed by atoms with Crippen LogP contribution in [0.25, 0.3) is 0 Å². The topological polar surface area (TPSA) is 38.0 Å². The number of anilines is 1. The molecular formula is C12H12BrClN2S. The largest absolute Gasteiger partial charge is 0.399 e. The van der Waals surface area contributed by atoms with E-state index < -0.39 is 0 Å². The molecule has 0 aliphatic rings. The minimum atomic E-state index is 0.779. The van der Waals surface area contributed by atoms with Crippen molar-refractivity contribution in [2.75, 3.05) is 5.73 Å². The lowest BCUT2D eigenvalue weighted by molar-refractivity contribution is 0.699. The Labute approximate surface area is 118 Å². The zero-order chi connectivity index (χ0) is 12.3. The zero-order valence-corrected chi connectivity index (χ0v) is 12.2. The van der Waals surface area contributed by atoms with E-state index >= 15 is 0 Å². The first-order valence-electron chi connectivity index (χ1n) is 5.14. The van der Waals surface area contributed by atoms with E-state index in [4.69, 9.17) is 17.3 Å². The molecule has 2 rings (SSSR count). The SMILES string of the molecule is Nc1ccc(Br)c(CNCc2ccc(Cl)s2)c1. The Kier molecular flexibility index (Phi) is 4.45. The summed E-state index contributed by atoms with van der Waals surface area (Å²) >= 11 is 11.0. The number of nitrogens with two attached hydrogens (primary N) is 1. The number of benzene rings is 1. The van der Waals surface area contributed by atoms with Crippen molar-refractivity contribution >= 4 is 44.6 Å². The number of rotatable bonds is 4. The molecule has 0 fully saturated rings. The normalized spacial score (nSPS) is 10.7. The molecule has 1 aromatic carbocycles. The van der Waals surface area contributed by atoms with Gasteiger partial charge in [0.1, 0.15) is 0 Å². The highest BCUT2D eigenvalue weighted by Gasteiger charge is 2.01. The van der Waals surface area contributed by atoms with Gasteiger partial charge in [0, 0.05) is 28.1 Å². The first-order valence-corrected chi connectivity index (χ1v) is 7.13. The summed E-state index contributed by atoms with van der Waals surface area (Å²) < 4.78 is 1.90. The minimum absolute atomic E-state index is 0.779. The highest BCUT2D eigenvalue weighted by molar-refractivity contribution is 9.10. The van der Waals surface area contributed by atoms with Crippen molar-refractivity contribution in [2.24, 2.45) is 0 Å². The van der Waals surface area contributed by atoms with Gasteiger partial charge in [-0.15, -0.1) is 11.3 Å². The van der Waals surface area contributed by atoms with Crippen LogP contribution in [0.15, 0.2) is 34.8 Å². The van der Waals surface area contributed by atoms with Crippen LogP contribution in [-0.4, -0.2) is 0 Å². The quantitative estimate of drug-likeness (QED) is 0.830. The van der Waals surface area contributed by atoms with E-state index in [0.29, 0.717) is 0 Å². The van der Waals surface area contributed by atoms with E-state index in [0.717, 1.165) is 33.1 Å². The Bertz CT molecular complexity index is 513. The Morgan fingerprint density at radius 1 is 1.24 bits per heavy atom. The van der Waals surface area contributed by atoms with E-state index in [2.05, 4.69) is 21.2 Å². The van der Waals surface area contributed by atoms with Crippen LogP contribution in [-0.2, 0) is 13.1 Å². The summed E-state index contributed by atoms with van der Waals surface area (Å²) in [5, 5.41) is 3.37. The number of halogens is 2. The van der Waals surface area contributed by atoms with Crippen molar-refractivity contribution in [3.05, 3.63) is 49.6 Å². The number of thiophene rings is 1. The van der Waals surface area contributed by atoms with Crippen LogP contribution >= 0.6 is 38.9 Å². The molecule has 17 heavy (non-hydrogen) atoms. The van der Waals surface area contributed by atoms with Crippen LogP contribution in [0.1, 0.15) is 10.4 Å². The molecule has 0 unspecified atom stereocenters. The maximum Gasteiger partial charge on any atom is 0.0931 e. The standard InChI is InChI=1S/C12H12BrClN2S/c13-11-3-1-9(15)5-8(11)6-16-7-10-2-4-12(14)17-10/h1-5,16H,6-7,15H2. The van der Waals surface area contributed by atoms with Gasteiger partial charge >= 0.3 is 0 Å². The summed E-state index contributed by atoms with van der Waals surface area (Å²) in [6, 6.07) is 9.77. The molecule has 0 radical (unpaired) electrons. The Balaban J connectivity index is 1.91. The van der Waals surface area contributed by atoms with E-state index in [-0.39, 0.29) is 0 Å². The first kappa shape index (κ1) is 12.9. The van der Waals surface area contributed by atoms with Gasteiger partial charge in [-0.1, -0.05) is 27.5 Å². The van der Waals surface area contributed by atoms with Crippen molar-refractivity contribution in [1.82, 2.24) is 5.32 Å². The molecule has 0 saturated carbocycles. The number of nitrogen functional groups attached to an aromatic ring is 1. The van der Waals surface area contributed by atoms with E-state index in [1.54, 1.807) is 11.3 Å². The summed E-state index contributed by atoms with van der Waals surface area (Å²) in [6.45, 7) is 1.60. The van der Waals surface area contributed by atoms with Crippen LogP contribution in [0, 0.1) is 0 Å². The van der Waals surface area contributed by atoms with E-state index in [1.165, 1.54) is 4.88 Å². The van der Waals surface area contributed by atoms with Gasteiger partial charge in [0.25, 0.3) is 0 Å². The number of hydrogen-bond donors (Lipinski definition) is 2. The third kappa shape index (κ3) is 3.71. The second-order valence-corrected chi connectivity index (χ2v) is 6.31. The lowest BCUT2D eigenvalue weighted by Crippen LogP contribution is -2.12. The van der Waals surface area contributed by atoms with E-state index in [1.807, 2.05) is 30.3 Å². The van der Waals surface area contributed by atoms with Crippen molar-refractivity contribution in [2.45, 2.75) is 13.1 Å². The average Bonchev–Trinajstić information content (AvgIpc) is 2.69. The molecule has 0 bridgehead atoms. The predicted molar refractivity (Wildman–Crippen MR) is 78.4 cm³/mol. The molecule has 1 aromatic heterocycles. The molecule has 2 aromatic rings. The van der Waals surface area contributed by atoms with Gasteiger partial charge in [-0.05, 0) is 35.9 Å². The fraction of sp³-hybridized carbons (Fsp3) is 0.167. The maximum atomic E-state index is 5.87. The summed E-state index contributed by atoms with van der Waals surface area (Å²) in [7, 11) is 0. The molecule has 0 amide bonds. The van der Waals surface area contributed by atoms with Crippen LogP contribution < -0.4 is 11.1 Å². The molecule has 0 saturated heterocycles. The van der Waals surface area contributed by atoms with Gasteiger partial charge in [-0.25, -0.2) is 0 Å². The Morgan fingerprint density at radius 2 is 2.06 bits per heavy atom. The first-order chi connectivity index (χ1) is 8.15. The van der Waals surface area contributed by atoms with Gasteiger partial charge in [0.05, 0.1) is 4.34 Å². The summed E-state index contributed by atoms with van der Waals surface area (Å²) in [4.78, 5) is 1.23. The van der Waals surface area contributed by atoms with Crippen LogP contribution in [0.3, 0.4) is 0 Å². The maximum absolute atomic E-state index is 5.87. The van der Waals surface area contributed by atoms with Gasteiger partial charge in [0.2, 0.25) is 0 Å². The van der Waals surface area contributed by atoms with Crippen molar-refractivity contribution < 1.29 is 0 Å². The molecule has 0 aliphatic heterocycles. The highest BCUT2D eigenvalue weighted by Crippen LogP contribution is 2.22. The fourth-order valence-electron chi connectivity index (χ4n) is 1.50. The molecule has 3 N–H and O–H groups in total. The Morgan fingerprint density at radius 3 is 2.76 bits per heavy atom. The molecule has 1 heterocycles. The second-order valence-electron chi connectivity index (χ2n) is 3.66. The van der Waals surface area contributed by atoms with Crippen LogP contribution in [0.5, 0.6) is 0 Å². The molecule has 90 valence electrons. The van der Waals surface area contributed by atoms with Gasteiger partial charge in [-0.3, -0.25) is 0 Å². The molecule has 2 nitrogen and oxygen atoms in total. The summed E-state index contributed by atoms with van der Waals surface area (Å²) in [5.74, 6) is 0. The smallest absolute Gasteiger partial charge is 0.0931 e. The second kappa shape index (κ2) is 5.87. The van der Waals surface area contributed by atoms with Crippen molar-refractivity contribution in [3.63, 3.8) is 0 Å². The third-order valence-electron chi connectivity index (χ3n) is 2.31. The van der Waals surface area contributed by atoms with E-state index in [9.17, 15) is 0 Å². The molecule has 0 atom stereocenters. The average molecular weight is 332 g/mol. The number of nitrogens with one attached hydrogen (secondary N) is 1. The Hall–Kier alpha value is -0.550. The van der Waals surface area contributed by atoms with Gasteiger partial charge in [-0.2, -0.15) is 0 Å². The number of hydrogen-bond acceptors (Lipinski definition) is 3. The van der Waals surface area contributed by atoms with Crippen molar-refractivity contribution in [1.29, 1.82) is 0 Å². The third-order valence-corrected chi connectivity index (χ3v) is 4.32. The van der Waals surface area contributed by atoms with Crippen molar-refractivity contribution in [3.8, 4) is 0 Å². The highest BCUT2D eigenvalue weighted by atomic mass is 79.9. The molecule has 0 spiro atoms. The molecule has 5 heteroatoms. The van der Waals surface area contributed by atoms with Crippen LogP contribution in [0.2, 0.25) is 4.34 Å². The summed E-state index contributed by atoms with van der Waals surface area (Å²) in [6.07, 6.45) is 0. The van der Waals surface area contributed by atoms with Gasteiger partial charge < -0.3 is 11.1 Å². The van der Waals surface area contributed by atoms with Crippen LogP contribution in [0.4, 0.5) is 5.69 Å². The fourth-order valence-corrected chi connectivity index (χ4v) is 2.94. The minimum Gasteiger partial charge on any atom is -0.399 e. The predicted octanol–water partition coefficient (Wildman–Crippen LogP) is 4.04. The molecule has 0 aliphatic carbocycles. The lowest BCUT2D eigenvalue weighted by atomic mass is 10.2.